The topological polar surface area (TPSA) is 53.7 Å². The molecule has 0 aromatic heterocycles. The molecule has 4 heteroatoms. The Morgan fingerprint density at radius 3 is 2.42 bits per heavy atom. The summed E-state index contributed by atoms with van der Waals surface area (Å²) in [5.41, 5.74) is 7.18. The van der Waals surface area contributed by atoms with E-state index >= 15 is 0 Å². The van der Waals surface area contributed by atoms with E-state index in [9.17, 15) is 0 Å². The van der Waals surface area contributed by atoms with E-state index in [1.165, 1.54) is 0 Å². The van der Waals surface area contributed by atoms with Gasteiger partial charge in [-0.1, -0.05) is 12.1 Å². The van der Waals surface area contributed by atoms with Gasteiger partial charge in [-0.05, 0) is 24.6 Å². The number of rotatable bonds is 5. The lowest BCUT2D eigenvalue weighted by molar-refractivity contribution is -0.105. The predicted octanol–water partition coefficient (Wildman–Crippen LogP) is 2.28. The summed E-state index contributed by atoms with van der Waals surface area (Å²) in [5.74, 6) is 0.872. The third-order valence-electron chi connectivity index (χ3n) is 3.86. The van der Waals surface area contributed by atoms with Crippen molar-refractivity contribution < 1.29 is 14.2 Å². The van der Waals surface area contributed by atoms with Gasteiger partial charge in [-0.25, -0.2) is 0 Å². The lowest BCUT2D eigenvalue weighted by atomic mass is 9.82. The van der Waals surface area contributed by atoms with Crippen molar-refractivity contribution in [1.29, 1.82) is 0 Å². The maximum atomic E-state index is 6.42. The fraction of sp³-hybridized carbons (Fsp3) is 0.600. The van der Waals surface area contributed by atoms with Gasteiger partial charge in [0.1, 0.15) is 5.75 Å². The van der Waals surface area contributed by atoms with Crippen molar-refractivity contribution in [2.45, 2.75) is 31.4 Å². The molecule has 1 heterocycles. The van der Waals surface area contributed by atoms with E-state index in [0.717, 1.165) is 24.2 Å². The van der Waals surface area contributed by atoms with Crippen LogP contribution in [0, 0.1) is 0 Å². The minimum Gasteiger partial charge on any atom is -0.494 e. The Hall–Kier alpha value is -1.10. The van der Waals surface area contributed by atoms with Crippen molar-refractivity contribution in [3.8, 4) is 5.75 Å². The number of hydrogen-bond acceptors (Lipinski definition) is 4. The Labute approximate surface area is 114 Å². The molecule has 0 amide bonds. The first-order chi connectivity index (χ1) is 9.22. The summed E-state index contributed by atoms with van der Waals surface area (Å²) in [4.78, 5) is 0. The van der Waals surface area contributed by atoms with E-state index < -0.39 is 0 Å². The minimum absolute atomic E-state index is 0.142. The predicted molar refractivity (Wildman–Crippen MR) is 74.3 cm³/mol. The van der Waals surface area contributed by atoms with Crippen LogP contribution in [0.2, 0.25) is 0 Å². The molecule has 1 aromatic carbocycles. The van der Waals surface area contributed by atoms with Crippen LogP contribution in [0.5, 0.6) is 5.75 Å². The van der Waals surface area contributed by atoms with Crippen LogP contribution in [-0.4, -0.2) is 32.5 Å². The van der Waals surface area contributed by atoms with Gasteiger partial charge in [-0.3, -0.25) is 0 Å². The largest absolute Gasteiger partial charge is 0.494 e. The molecule has 4 nitrogen and oxygen atoms in total. The SMILES string of the molecule is CCOc1ccc(C(N)C2(OC)CCOCC2)cc1. The van der Waals surface area contributed by atoms with Crippen LogP contribution in [0.4, 0.5) is 0 Å². The van der Waals surface area contributed by atoms with E-state index in [0.29, 0.717) is 19.8 Å². The number of benzene rings is 1. The van der Waals surface area contributed by atoms with Crippen LogP contribution in [-0.2, 0) is 9.47 Å². The van der Waals surface area contributed by atoms with Gasteiger partial charge in [0, 0.05) is 33.2 Å². The molecular formula is C15H23NO3. The van der Waals surface area contributed by atoms with Crippen LogP contribution < -0.4 is 10.5 Å². The van der Waals surface area contributed by atoms with Gasteiger partial charge in [-0.15, -0.1) is 0 Å². The number of ether oxygens (including phenoxy) is 3. The highest BCUT2D eigenvalue weighted by atomic mass is 16.5. The normalized spacial score (nSPS) is 19.9. The Morgan fingerprint density at radius 1 is 1.26 bits per heavy atom. The van der Waals surface area contributed by atoms with Crippen molar-refractivity contribution in [3.05, 3.63) is 29.8 Å². The van der Waals surface area contributed by atoms with Crippen molar-refractivity contribution in [3.63, 3.8) is 0 Å². The Balaban J connectivity index is 2.14. The Morgan fingerprint density at radius 2 is 1.89 bits per heavy atom. The van der Waals surface area contributed by atoms with Crippen LogP contribution in [0.1, 0.15) is 31.4 Å². The minimum atomic E-state index is -0.314. The Bertz CT molecular complexity index is 385. The number of methoxy groups -OCH3 is 1. The van der Waals surface area contributed by atoms with Crippen molar-refractivity contribution in [2.75, 3.05) is 26.9 Å². The van der Waals surface area contributed by atoms with Gasteiger partial charge in [0.05, 0.1) is 18.2 Å². The molecule has 0 spiro atoms. The molecule has 1 atom stereocenters. The maximum Gasteiger partial charge on any atom is 0.119 e. The van der Waals surface area contributed by atoms with Crippen molar-refractivity contribution >= 4 is 0 Å². The van der Waals surface area contributed by atoms with Gasteiger partial charge in [0.25, 0.3) is 0 Å². The molecule has 106 valence electrons. The van der Waals surface area contributed by atoms with Gasteiger partial charge >= 0.3 is 0 Å². The van der Waals surface area contributed by atoms with Gasteiger partial charge in [0.15, 0.2) is 0 Å². The lowest BCUT2D eigenvalue weighted by Crippen LogP contribution is -2.47. The van der Waals surface area contributed by atoms with E-state index in [1.807, 2.05) is 31.2 Å². The van der Waals surface area contributed by atoms with Crippen LogP contribution >= 0.6 is 0 Å². The standard InChI is InChI=1S/C15H23NO3/c1-3-19-13-6-4-12(5-7-13)14(16)15(17-2)8-10-18-11-9-15/h4-7,14H,3,8-11,16H2,1-2H3. The molecule has 2 N–H and O–H groups in total. The molecule has 2 rings (SSSR count). The second-order valence-corrected chi connectivity index (χ2v) is 4.86. The smallest absolute Gasteiger partial charge is 0.119 e. The highest BCUT2D eigenvalue weighted by Crippen LogP contribution is 2.36. The fourth-order valence-electron chi connectivity index (χ4n) is 2.60. The zero-order valence-electron chi connectivity index (χ0n) is 11.7. The maximum absolute atomic E-state index is 6.42. The lowest BCUT2D eigenvalue weighted by Gasteiger charge is -2.40. The first-order valence-corrected chi connectivity index (χ1v) is 6.83. The van der Waals surface area contributed by atoms with E-state index in [4.69, 9.17) is 19.9 Å². The molecule has 0 bridgehead atoms. The quantitative estimate of drug-likeness (QED) is 0.887. The first-order valence-electron chi connectivity index (χ1n) is 6.83. The first kappa shape index (κ1) is 14.3. The third kappa shape index (κ3) is 3.08. The summed E-state index contributed by atoms with van der Waals surface area (Å²) in [5, 5.41) is 0. The monoisotopic (exact) mass is 265 g/mol. The summed E-state index contributed by atoms with van der Waals surface area (Å²) >= 11 is 0. The third-order valence-corrected chi connectivity index (χ3v) is 3.86. The molecule has 1 aliphatic heterocycles. The summed E-state index contributed by atoms with van der Waals surface area (Å²) in [6.45, 7) is 4.06. The second-order valence-electron chi connectivity index (χ2n) is 4.86. The van der Waals surface area contributed by atoms with Crippen molar-refractivity contribution in [1.82, 2.24) is 0 Å². The zero-order chi connectivity index (χ0) is 13.7. The fourth-order valence-corrected chi connectivity index (χ4v) is 2.60. The highest BCUT2D eigenvalue weighted by Gasteiger charge is 2.39. The van der Waals surface area contributed by atoms with Crippen LogP contribution in [0.25, 0.3) is 0 Å². The van der Waals surface area contributed by atoms with Gasteiger partial charge in [-0.2, -0.15) is 0 Å². The average Bonchev–Trinajstić information content (AvgIpc) is 2.48. The van der Waals surface area contributed by atoms with Gasteiger partial charge < -0.3 is 19.9 Å². The Kier molecular flexibility index (Phi) is 4.80. The molecular weight excluding hydrogens is 242 g/mol. The van der Waals surface area contributed by atoms with Crippen molar-refractivity contribution in [2.24, 2.45) is 5.73 Å². The summed E-state index contributed by atoms with van der Waals surface area (Å²) in [6.07, 6.45) is 1.66. The summed E-state index contributed by atoms with van der Waals surface area (Å²) in [6, 6.07) is 7.82. The second kappa shape index (κ2) is 6.37. The molecule has 1 fully saturated rings. The molecule has 19 heavy (non-hydrogen) atoms. The number of nitrogens with two attached hydrogens (primary N) is 1. The summed E-state index contributed by atoms with van der Waals surface area (Å²) in [7, 11) is 1.74. The van der Waals surface area contributed by atoms with Gasteiger partial charge in [0.2, 0.25) is 0 Å². The molecule has 1 unspecified atom stereocenters. The van der Waals surface area contributed by atoms with E-state index in [1.54, 1.807) is 7.11 Å². The molecule has 1 aromatic rings. The highest BCUT2D eigenvalue weighted by molar-refractivity contribution is 5.30. The van der Waals surface area contributed by atoms with Crippen LogP contribution in [0.3, 0.4) is 0 Å². The average molecular weight is 265 g/mol. The molecule has 0 saturated carbocycles. The molecule has 0 aliphatic carbocycles. The molecule has 1 saturated heterocycles. The number of hydrogen-bond donors (Lipinski definition) is 1. The summed E-state index contributed by atoms with van der Waals surface area (Å²) < 4.78 is 16.6. The molecule has 0 radical (unpaired) electrons. The molecule has 1 aliphatic rings. The van der Waals surface area contributed by atoms with Crippen LogP contribution in [0.15, 0.2) is 24.3 Å². The van der Waals surface area contributed by atoms with E-state index in [2.05, 4.69) is 0 Å². The van der Waals surface area contributed by atoms with E-state index in [-0.39, 0.29) is 11.6 Å². The zero-order valence-corrected chi connectivity index (χ0v) is 11.7.